The number of benzene rings is 1. The monoisotopic (exact) mass is 405 g/mol. The molecule has 0 radical (unpaired) electrons. The molecule has 0 aliphatic rings. The molecule has 154 valence electrons. The molecule has 1 aromatic carbocycles. The first-order chi connectivity index (χ1) is 13.2. The maximum Gasteiger partial charge on any atom is 0.265 e. The average Bonchev–Trinajstić information content (AvgIpc) is 2.66. The maximum absolute atomic E-state index is 13.0. The van der Waals surface area contributed by atoms with Crippen LogP contribution in [0, 0.1) is 5.92 Å². The summed E-state index contributed by atoms with van der Waals surface area (Å²) in [7, 11) is -3.69. The van der Waals surface area contributed by atoms with E-state index < -0.39 is 15.6 Å². The Morgan fingerprint density at radius 1 is 1.18 bits per heavy atom. The van der Waals surface area contributed by atoms with Gasteiger partial charge in [-0.1, -0.05) is 32.0 Å². The van der Waals surface area contributed by atoms with E-state index in [0.29, 0.717) is 36.9 Å². The van der Waals surface area contributed by atoms with Gasteiger partial charge in [0.2, 0.25) is 0 Å². The normalized spacial score (nSPS) is 13.9. The van der Waals surface area contributed by atoms with E-state index in [9.17, 15) is 13.5 Å². The fraction of sp³-hybridized carbons (Fsp3) is 0.476. The van der Waals surface area contributed by atoms with Gasteiger partial charge in [-0.2, -0.15) is 0 Å². The second kappa shape index (κ2) is 9.39. The smallest absolute Gasteiger partial charge is 0.265 e. The van der Waals surface area contributed by atoms with Crippen LogP contribution in [0.15, 0.2) is 53.6 Å². The molecular weight excluding hydrogens is 374 g/mol. The predicted octanol–water partition coefficient (Wildman–Crippen LogP) is 3.90. The molecule has 7 heteroatoms. The molecule has 0 bridgehead atoms. The summed E-state index contributed by atoms with van der Waals surface area (Å²) < 4.78 is 27.3. The van der Waals surface area contributed by atoms with Gasteiger partial charge in [-0.05, 0) is 56.9 Å². The van der Waals surface area contributed by atoms with Crippen molar-refractivity contribution < 1.29 is 13.5 Å². The molecule has 0 fully saturated rings. The topological polar surface area (TPSA) is 82.5 Å². The standard InChI is InChI=1S/C21H31N3O3S/c1-5-24(18-9-7-6-8-10-18)28(26,27)19-11-12-20(22-15-19)23-16-21(4,25)14-13-17(2)3/h6-12,15,17,25H,5,13-14,16H2,1-4H3,(H,22,23). The van der Waals surface area contributed by atoms with Crippen molar-refractivity contribution in [3.63, 3.8) is 0 Å². The fourth-order valence-electron chi connectivity index (χ4n) is 2.82. The summed E-state index contributed by atoms with van der Waals surface area (Å²) in [6.45, 7) is 8.51. The van der Waals surface area contributed by atoms with E-state index >= 15 is 0 Å². The number of hydrogen-bond acceptors (Lipinski definition) is 5. The molecule has 6 nitrogen and oxygen atoms in total. The van der Waals surface area contributed by atoms with Crippen molar-refractivity contribution in [2.45, 2.75) is 51.0 Å². The summed E-state index contributed by atoms with van der Waals surface area (Å²) >= 11 is 0. The summed E-state index contributed by atoms with van der Waals surface area (Å²) in [5, 5.41) is 13.5. The van der Waals surface area contributed by atoms with E-state index in [4.69, 9.17) is 0 Å². The molecule has 2 aromatic rings. The first-order valence-electron chi connectivity index (χ1n) is 9.66. The third-order valence-electron chi connectivity index (χ3n) is 4.57. The zero-order valence-electron chi connectivity index (χ0n) is 17.1. The molecule has 1 unspecified atom stereocenters. The van der Waals surface area contributed by atoms with Gasteiger partial charge in [-0.3, -0.25) is 4.31 Å². The first kappa shape index (κ1) is 22.2. The van der Waals surface area contributed by atoms with Crippen LogP contribution in [0.5, 0.6) is 0 Å². The van der Waals surface area contributed by atoms with E-state index in [0.717, 1.165) is 6.42 Å². The number of sulfonamides is 1. The number of pyridine rings is 1. The predicted molar refractivity (Wildman–Crippen MR) is 114 cm³/mol. The van der Waals surface area contributed by atoms with Crippen molar-refractivity contribution in [2.24, 2.45) is 5.92 Å². The molecule has 28 heavy (non-hydrogen) atoms. The molecule has 0 saturated heterocycles. The number of aliphatic hydroxyl groups is 1. The molecule has 0 amide bonds. The Kier molecular flexibility index (Phi) is 7.43. The van der Waals surface area contributed by atoms with Gasteiger partial charge in [-0.25, -0.2) is 13.4 Å². The van der Waals surface area contributed by atoms with Crippen molar-refractivity contribution in [1.29, 1.82) is 0 Å². The third-order valence-corrected chi connectivity index (χ3v) is 6.45. The molecule has 1 aromatic heterocycles. The highest BCUT2D eigenvalue weighted by Gasteiger charge is 2.24. The van der Waals surface area contributed by atoms with Gasteiger partial charge in [0.1, 0.15) is 10.7 Å². The highest BCUT2D eigenvalue weighted by Crippen LogP contribution is 2.23. The van der Waals surface area contributed by atoms with Crippen LogP contribution in [0.2, 0.25) is 0 Å². The van der Waals surface area contributed by atoms with Crippen LogP contribution in [0.3, 0.4) is 0 Å². The first-order valence-corrected chi connectivity index (χ1v) is 11.1. The van der Waals surface area contributed by atoms with Gasteiger partial charge in [0.05, 0.1) is 11.3 Å². The average molecular weight is 406 g/mol. The zero-order valence-corrected chi connectivity index (χ0v) is 17.9. The van der Waals surface area contributed by atoms with Crippen molar-refractivity contribution >= 4 is 21.5 Å². The number of nitrogens with one attached hydrogen (secondary N) is 1. The van der Waals surface area contributed by atoms with Crippen molar-refractivity contribution in [1.82, 2.24) is 4.98 Å². The summed E-state index contributed by atoms with van der Waals surface area (Å²) in [4.78, 5) is 4.36. The molecule has 0 saturated carbocycles. The highest BCUT2D eigenvalue weighted by atomic mass is 32.2. The van der Waals surface area contributed by atoms with Crippen LogP contribution in [-0.4, -0.2) is 37.2 Å². The number of nitrogens with zero attached hydrogens (tertiary/aromatic N) is 2. The minimum atomic E-state index is -3.69. The van der Waals surface area contributed by atoms with Gasteiger partial charge in [-0.15, -0.1) is 0 Å². The largest absolute Gasteiger partial charge is 0.388 e. The number of aromatic nitrogens is 1. The van der Waals surface area contributed by atoms with Gasteiger partial charge < -0.3 is 10.4 Å². The third kappa shape index (κ3) is 5.94. The lowest BCUT2D eigenvalue weighted by atomic mass is 9.95. The number of para-hydroxylation sites is 1. The molecule has 0 spiro atoms. The van der Waals surface area contributed by atoms with Gasteiger partial charge in [0.25, 0.3) is 10.0 Å². The van der Waals surface area contributed by atoms with E-state index in [2.05, 4.69) is 24.1 Å². The Morgan fingerprint density at radius 2 is 1.86 bits per heavy atom. The summed E-state index contributed by atoms with van der Waals surface area (Å²) in [6, 6.07) is 12.2. The lowest BCUT2D eigenvalue weighted by molar-refractivity contribution is 0.0585. The van der Waals surface area contributed by atoms with Crippen LogP contribution < -0.4 is 9.62 Å². The number of rotatable bonds is 10. The molecule has 1 atom stereocenters. The van der Waals surface area contributed by atoms with Crippen molar-refractivity contribution in [3.05, 3.63) is 48.7 Å². The minimum absolute atomic E-state index is 0.135. The second-order valence-corrected chi connectivity index (χ2v) is 9.53. The quantitative estimate of drug-likeness (QED) is 0.626. The highest BCUT2D eigenvalue weighted by molar-refractivity contribution is 7.92. The van der Waals surface area contributed by atoms with Gasteiger partial charge in [0, 0.05) is 19.3 Å². The molecule has 1 heterocycles. The number of hydrogen-bond donors (Lipinski definition) is 2. The molecule has 0 aliphatic heterocycles. The summed E-state index contributed by atoms with van der Waals surface area (Å²) in [5.74, 6) is 1.06. The number of anilines is 2. The van der Waals surface area contributed by atoms with Crippen LogP contribution in [0.4, 0.5) is 11.5 Å². The van der Waals surface area contributed by atoms with Gasteiger partial charge >= 0.3 is 0 Å². The van der Waals surface area contributed by atoms with E-state index in [1.165, 1.54) is 10.5 Å². The molecule has 0 aliphatic carbocycles. The van der Waals surface area contributed by atoms with Crippen molar-refractivity contribution in [2.75, 3.05) is 22.7 Å². The Morgan fingerprint density at radius 3 is 2.39 bits per heavy atom. The molecular formula is C21H31N3O3S. The van der Waals surface area contributed by atoms with Crippen LogP contribution in [-0.2, 0) is 10.0 Å². The Hall–Kier alpha value is -2.12. The SMILES string of the molecule is CCN(c1ccccc1)S(=O)(=O)c1ccc(NCC(C)(O)CCC(C)C)nc1. The Bertz CT molecular complexity index is 835. The zero-order chi connectivity index (χ0) is 20.8. The van der Waals surface area contributed by atoms with Crippen LogP contribution >= 0.6 is 0 Å². The van der Waals surface area contributed by atoms with Gasteiger partial charge in [0.15, 0.2) is 0 Å². The summed E-state index contributed by atoms with van der Waals surface area (Å²) in [5.41, 5.74) is -0.225. The van der Waals surface area contributed by atoms with Crippen LogP contribution in [0.25, 0.3) is 0 Å². The molecule has 2 N–H and O–H groups in total. The summed E-state index contributed by atoms with van der Waals surface area (Å²) in [6.07, 6.45) is 2.98. The Balaban J connectivity index is 2.08. The van der Waals surface area contributed by atoms with Crippen molar-refractivity contribution in [3.8, 4) is 0 Å². The lowest BCUT2D eigenvalue weighted by Crippen LogP contribution is -2.34. The Labute approximate surface area is 168 Å². The lowest BCUT2D eigenvalue weighted by Gasteiger charge is -2.25. The van der Waals surface area contributed by atoms with E-state index in [1.54, 1.807) is 38.1 Å². The van der Waals surface area contributed by atoms with E-state index in [1.807, 2.05) is 18.2 Å². The molecule has 2 rings (SSSR count). The van der Waals surface area contributed by atoms with Crippen LogP contribution in [0.1, 0.15) is 40.5 Å². The van der Waals surface area contributed by atoms with E-state index in [-0.39, 0.29) is 4.90 Å². The fourth-order valence-corrected chi connectivity index (χ4v) is 4.24. The maximum atomic E-state index is 13.0. The second-order valence-electron chi connectivity index (χ2n) is 7.67. The minimum Gasteiger partial charge on any atom is -0.388 e.